The van der Waals surface area contributed by atoms with Gasteiger partial charge in [0.1, 0.15) is 0 Å². The van der Waals surface area contributed by atoms with E-state index in [1.54, 1.807) is 6.92 Å². The molecule has 0 aromatic rings. The number of nitriles is 1. The zero-order valence-corrected chi connectivity index (χ0v) is 7.66. The lowest BCUT2D eigenvalue weighted by atomic mass is 9.81. The normalized spacial score (nSPS) is 24.4. The van der Waals surface area contributed by atoms with Crippen molar-refractivity contribution in [1.29, 1.82) is 5.26 Å². The summed E-state index contributed by atoms with van der Waals surface area (Å²) in [5, 5.41) is 18.3. The molecule has 0 amide bonds. The van der Waals surface area contributed by atoms with Crippen molar-refractivity contribution >= 4 is 0 Å². The van der Waals surface area contributed by atoms with E-state index in [0.29, 0.717) is 5.92 Å². The third-order valence-electron chi connectivity index (χ3n) is 2.85. The minimum Gasteiger partial charge on any atom is -0.391 e. The molecule has 1 aliphatic carbocycles. The first-order valence-electron chi connectivity index (χ1n) is 4.83. The predicted octanol–water partition coefficient (Wildman–Crippen LogP) is 2.09. The molecule has 2 nitrogen and oxygen atoms in total. The summed E-state index contributed by atoms with van der Waals surface area (Å²) in [4.78, 5) is 0. The summed E-state index contributed by atoms with van der Waals surface area (Å²) in [6.45, 7) is 1.80. The lowest BCUT2D eigenvalue weighted by Gasteiger charge is -2.27. The Morgan fingerprint density at radius 3 is 2.42 bits per heavy atom. The fraction of sp³-hybridized carbons (Fsp3) is 0.900. The van der Waals surface area contributed by atoms with Gasteiger partial charge in [0.15, 0.2) is 0 Å². The Kier molecular flexibility index (Phi) is 3.55. The quantitative estimate of drug-likeness (QED) is 0.684. The predicted molar refractivity (Wildman–Crippen MR) is 47.4 cm³/mol. The van der Waals surface area contributed by atoms with Gasteiger partial charge in [0.05, 0.1) is 18.1 Å². The maximum Gasteiger partial charge on any atom is 0.0723 e. The van der Waals surface area contributed by atoms with E-state index >= 15 is 0 Å². The van der Waals surface area contributed by atoms with Crippen LogP contribution in [0.1, 0.15) is 39.0 Å². The molecule has 68 valence electrons. The average Bonchev–Trinajstić information content (AvgIpc) is 2.17. The molecule has 1 saturated carbocycles. The lowest BCUT2D eigenvalue weighted by molar-refractivity contribution is 0.0580. The topological polar surface area (TPSA) is 44.0 Å². The molecule has 1 aliphatic rings. The molecule has 2 atom stereocenters. The van der Waals surface area contributed by atoms with E-state index in [9.17, 15) is 5.11 Å². The van der Waals surface area contributed by atoms with E-state index in [1.165, 1.54) is 19.3 Å². The van der Waals surface area contributed by atoms with Crippen molar-refractivity contribution in [2.24, 2.45) is 11.8 Å². The largest absolute Gasteiger partial charge is 0.391 e. The van der Waals surface area contributed by atoms with Gasteiger partial charge in [-0.25, -0.2) is 0 Å². The molecule has 1 fully saturated rings. The van der Waals surface area contributed by atoms with Crippen molar-refractivity contribution < 1.29 is 5.11 Å². The maximum atomic E-state index is 9.72. The fourth-order valence-corrected chi connectivity index (χ4v) is 1.96. The Bertz CT molecular complexity index is 167. The third kappa shape index (κ3) is 2.22. The van der Waals surface area contributed by atoms with Crippen LogP contribution < -0.4 is 0 Å². The highest BCUT2D eigenvalue weighted by Gasteiger charge is 2.25. The van der Waals surface area contributed by atoms with Crippen LogP contribution in [0.5, 0.6) is 0 Å². The van der Waals surface area contributed by atoms with Crippen molar-refractivity contribution in [2.45, 2.75) is 45.1 Å². The van der Waals surface area contributed by atoms with Crippen LogP contribution in [0.4, 0.5) is 0 Å². The molecule has 0 spiro atoms. The molecule has 1 N–H and O–H groups in total. The summed E-state index contributed by atoms with van der Waals surface area (Å²) in [6, 6.07) is 2.11. The van der Waals surface area contributed by atoms with Crippen LogP contribution in [0.2, 0.25) is 0 Å². The Balaban J connectivity index is 2.40. The van der Waals surface area contributed by atoms with Gasteiger partial charge >= 0.3 is 0 Å². The average molecular weight is 167 g/mol. The highest BCUT2D eigenvalue weighted by molar-refractivity contribution is 4.88. The first-order chi connectivity index (χ1) is 5.75. The van der Waals surface area contributed by atoms with Crippen molar-refractivity contribution in [3.8, 4) is 6.07 Å². The summed E-state index contributed by atoms with van der Waals surface area (Å²) in [5.74, 6) is 0.182. The first-order valence-corrected chi connectivity index (χ1v) is 4.83. The van der Waals surface area contributed by atoms with Crippen molar-refractivity contribution in [3.63, 3.8) is 0 Å². The smallest absolute Gasteiger partial charge is 0.0723 e. The molecule has 0 bridgehead atoms. The van der Waals surface area contributed by atoms with E-state index in [-0.39, 0.29) is 5.92 Å². The molecule has 0 saturated heterocycles. The number of hydrogen-bond donors (Lipinski definition) is 1. The molecule has 12 heavy (non-hydrogen) atoms. The van der Waals surface area contributed by atoms with Crippen molar-refractivity contribution in [3.05, 3.63) is 0 Å². The number of hydrogen-bond acceptors (Lipinski definition) is 2. The highest BCUT2D eigenvalue weighted by atomic mass is 16.3. The molecule has 0 aromatic heterocycles. The van der Waals surface area contributed by atoms with Gasteiger partial charge in [-0.2, -0.15) is 5.26 Å². The van der Waals surface area contributed by atoms with E-state index in [2.05, 4.69) is 6.07 Å². The summed E-state index contributed by atoms with van der Waals surface area (Å²) in [5.41, 5.74) is 0. The van der Waals surface area contributed by atoms with Crippen LogP contribution in [-0.4, -0.2) is 11.2 Å². The minimum absolute atomic E-state index is 0.201. The van der Waals surface area contributed by atoms with Gasteiger partial charge < -0.3 is 5.11 Å². The number of nitrogens with zero attached hydrogens (tertiary/aromatic N) is 1. The van der Waals surface area contributed by atoms with Gasteiger partial charge in [-0.15, -0.1) is 0 Å². The van der Waals surface area contributed by atoms with E-state index in [0.717, 1.165) is 12.8 Å². The van der Waals surface area contributed by atoms with Crippen molar-refractivity contribution in [2.75, 3.05) is 0 Å². The Hall–Kier alpha value is -0.550. The van der Waals surface area contributed by atoms with Gasteiger partial charge in [0.25, 0.3) is 0 Å². The van der Waals surface area contributed by atoms with Gasteiger partial charge in [-0.3, -0.25) is 0 Å². The second kappa shape index (κ2) is 4.47. The monoisotopic (exact) mass is 167 g/mol. The molecule has 1 rings (SSSR count). The lowest BCUT2D eigenvalue weighted by Crippen LogP contribution is -2.28. The number of aliphatic hydroxyl groups is 1. The van der Waals surface area contributed by atoms with Gasteiger partial charge in [0.2, 0.25) is 0 Å². The Morgan fingerprint density at radius 1 is 1.33 bits per heavy atom. The van der Waals surface area contributed by atoms with E-state index in [1.807, 2.05) is 0 Å². The van der Waals surface area contributed by atoms with Crippen LogP contribution in [-0.2, 0) is 0 Å². The van der Waals surface area contributed by atoms with Gasteiger partial charge in [0, 0.05) is 0 Å². The van der Waals surface area contributed by atoms with Crippen LogP contribution >= 0.6 is 0 Å². The summed E-state index contributed by atoms with van der Waals surface area (Å²) in [6.07, 6.45) is 5.56. The van der Waals surface area contributed by atoms with Crippen LogP contribution in [0.25, 0.3) is 0 Å². The molecular weight excluding hydrogens is 150 g/mol. The van der Waals surface area contributed by atoms with Crippen LogP contribution in [0.3, 0.4) is 0 Å². The second-order valence-corrected chi connectivity index (χ2v) is 3.81. The number of rotatable bonds is 2. The molecule has 2 heteroatoms. The summed E-state index contributed by atoms with van der Waals surface area (Å²) in [7, 11) is 0. The molecule has 0 aromatic carbocycles. The third-order valence-corrected chi connectivity index (χ3v) is 2.85. The summed E-state index contributed by atoms with van der Waals surface area (Å²) < 4.78 is 0. The zero-order valence-electron chi connectivity index (χ0n) is 7.66. The summed E-state index contributed by atoms with van der Waals surface area (Å²) >= 11 is 0. The SMILES string of the molecule is C[C@@H](C#N)[C@@H](O)C1CCCCC1. The molecular formula is C10H17NO. The maximum absolute atomic E-state index is 9.72. The first kappa shape index (κ1) is 9.54. The standard InChI is InChI=1S/C10H17NO/c1-8(7-11)10(12)9-5-3-2-4-6-9/h8-10,12H,2-6H2,1H3/t8-,10+/m0/s1. The minimum atomic E-state index is -0.393. The van der Waals surface area contributed by atoms with Crippen molar-refractivity contribution in [1.82, 2.24) is 0 Å². The second-order valence-electron chi connectivity index (χ2n) is 3.81. The van der Waals surface area contributed by atoms with Crippen LogP contribution in [0.15, 0.2) is 0 Å². The zero-order chi connectivity index (χ0) is 8.97. The molecule has 0 unspecified atom stereocenters. The van der Waals surface area contributed by atoms with E-state index < -0.39 is 6.10 Å². The van der Waals surface area contributed by atoms with E-state index in [4.69, 9.17) is 5.26 Å². The Labute approximate surface area is 74.2 Å². The van der Waals surface area contributed by atoms with Crippen LogP contribution in [0, 0.1) is 23.2 Å². The molecule has 0 heterocycles. The molecule has 0 radical (unpaired) electrons. The van der Waals surface area contributed by atoms with Gasteiger partial charge in [-0.1, -0.05) is 19.3 Å². The fourth-order valence-electron chi connectivity index (χ4n) is 1.96. The highest BCUT2D eigenvalue weighted by Crippen LogP contribution is 2.29. The van der Waals surface area contributed by atoms with Gasteiger partial charge in [-0.05, 0) is 25.7 Å². The number of aliphatic hydroxyl groups excluding tert-OH is 1. The Morgan fingerprint density at radius 2 is 1.92 bits per heavy atom. The molecule has 0 aliphatic heterocycles.